The Morgan fingerprint density at radius 3 is 2.41 bits per heavy atom. The molecular weight excluding hydrogens is 445 g/mol. The molecule has 3 aromatic rings. The Bertz CT molecular complexity index is 1140. The SMILES string of the molecule is COc1ccc(C(CNC(=O)c2cnn(-c3ccccc3C)c2C(F)(F)F)N2CCCC2)cc1. The molecular formula is C25H27F3N4O2. The van der Waals surface area contributed by atoms with Crippen LogP contribution < -0.4 is 10.1 Å². The molecule has 1 saturated heterocycles. The number of ether oxygens (including phenoxy) is 1. The first kappa shape index (κ1) is 23.8. The maximum absolute atomic E-state index is 14.0. The molecule has 0 aliphatic carbocycles. The molecule has 1 aliphatic rings. The van der Waals surface area contributed by atoms with Crippen LogP contribution in [0.15, 0.2) is 54.7 Å². The normalized spacial score (nSPS) is 15.3. The molecule has 0 bridgehead atoms. The number of carbonyl (C=O) groups is 1. The number of methoxy groups -OCH3 is 1. The van der Waals surface area contributed by atoms with Crippen LogP contribution in [0.3, 0.4) is 0 Å². The molecule has 0 spiro atoms. The van der Waals surface area contributed by atoms with Crippen LogP contribution in [0.2, 0.25) is 0 Å². The van der Waals surface area contributed by atoms with Crippen LogP contribution in [-0.4, -0.2) is 47.3 Å². The Hall–Kier alpha value is -3.33. The lowest BCUT2D eigenvalue weighted by molar-refractivity contribution is -0.143. The Balaban J connectivity index is 1.60. The number of carbonyl (C=O) groups excluding carboxylic acids is 1. The van der Waals surface area contributed by atoms with E-state index in [1.54, 1.807) is 38.3 Å². The average molecular weight is 473 g/mol. The number of halogens is 3. The molecule has 0 saturated carbocycles. The Labute approximate surface area is 196 Å². The van der Waals surface area contributed by atoms with Gasteiger partial charge in [-0.2, -0.15) is 18.3 Å². The van der Waals surface area contributed by atoms with Crippen molar-refractivity contribution in [1.82, 2.24) is 20.0 Å². The fraction of sp³-hybridized carbons (Fsp3) is 0.360. The van der Waals surface area contributed by atoms with E-state index >= 15 is 0 Å². The first-order valence-corrected chi connectivity index (χ1v) is 11.2. The van der Waals surface area contributed by atoms with E-state index in [0.717, 1.165) is 42.4 Å². The molecule has 1 amide bonds. The standard InChI is InChI=1S/C25H27F3N4O2/c1-17-7-3-4-8-21(17)32-23(25(26,27)28)20(15-30-32)24(33)29-16-22(31-13-5-6-14-31)18-9-11-19(34-2)12-10-18/h3-4,7-12,15,22H,5-6,13-14,16H2,1-2H3,(H,29,33). The number of hydrogen-bond donors (Lipinski definition) is 1. The van der Waals surface area contributed by atoms with Crippen LogP contribution in [0.5, 0.6) is 5.75 Å². The minimum Gasteiger partial charge on any atom is -0.497 e. The van der Waals surface area contributed by atoms with Gasteiger partial charge in [0.2, 0.25) is 0 Å². The van der Waals surface area contributed by atoms with Crippen molar-refractivity contribution in [3.8, 4) is 11.4 Å². The summed E-state index contributed by atoms with van der Waals surface area (Å²) in [6.07, 6.45) is -1.68. The molecule has 2 heterocycles. The van der Waals surface area contributed by atoms with Crippen molar-refractivity contribution in [2.24, 2.45) is 0 Å². The van der Waals surface area contributed by atoms with Gasteiger partial charge < -0.3 is 10.1 Å². The number of rotatable bonds is 7. The van der Waals surface area contributed by atoms with Crippen LogP contribution in [0.4, 0.5) is 13.2 Å². The van der Waals surface area contributed by atoms with E-state index in [1.807, 2.05) is 24.3 Å². The van der Waals surface area contributed by atoms with Gasteiger partial charge in [-0.1, -0.05) is 30.3 Å². The van der Waals surface area contributed by atoms with Gasteiger partial charge in [0.15, 0.2) is 5.69 Å². The van der Waals surface area contributed by atoms with E-state index in [0.29, 0.717) is 11.3 Å². The minimum absolute atomic E-state index is 0.155. The lowest BCUT2D eigenvalue weighted by Gasteiger charge is -2.28. The summed E-state index contributed by atoms with van der Waals surface area (Å²) < 4.78 is 48.1. The van der Waals surface area contributed by atoms with Gasteiger partial charge in [-0.25, -0.2) is 4.68 Å². The smallest absolute Gasteiger partial charge is 0.434 e. The lowest BCUT2D eigenvalue weighted by Crippen LogP contribution is -2.37. The predicted octanol–water partition coefficient (Wildman–Crippen LogP) is 4.78. The lowest BCUT2D eigenvalue weighted by atomic mass is 10.0. The van der Waals surface area contributed by atoms with Gasteiger partial charge in [0, 0.05) is 6.54 Å². The fourth-order valence-electron chi connectivity index (χ4n) is 4.39. The molecule has 4 rings (SSSR count). The van der Waals surface area contributed by atoms with E-state index in [4.69, 9.17) is 4.74 Å². The Morgan fingerprint density at radius 2 is 1.79 bits per heavy atom. The first-order valence-electron chi connectivity index (χ1n) is 11.2. The second kappa shape index (κ2) is 9.89. The topological polar surface area (TPSA) is 59.4 Å². The maximum Gasteiger partial charge on any atom is 0.434 e. The van der Waals surface area contributed by atoms with E-state index < -0.39 is 23.3 Å². The highest BCUT2D eigenvalue weighted by Gasteiger charge is 2.41. The largest absolute Gasteiger partial charge is 0.497 e. The molecule has 34 heavy (non-hydrogen) atoms. The van der Waals surface area contributed by atoms with Crippen molar-refractivity contribution >= 4 is 5.91 Å². The van der Waals surface area contributed by atoms with Crippen molar-refractivity contribution in [3.05, 3.63) is 77.1 Å². The summed E-state index contributed by atoms with van der Waals surface area (Å²) >= 11 is 0. The third kappa shape index (κ3) is 4.94. The summed E-state index contributed by atoms with van der Waals surface area (Å²) in [6.45, 7) is 3.61. The summed E-state index contributed by atoms with van der Waals surface area (Å²) in [5.74, 6) is -0.0868. The molecule has 9 heteroatoms. The second-order valence-corrected chi connectivity index (χ2v) is 8.34. The van der Waals surface area contributed by atoms with Crippen LogP contribution in [0.1, 0.15) is 46.1 Å². The number of amides is 1. The zero-order valence-electron chi connectivity index (χ0n) is 19.1. The van der Waals surface area contributed by atoms with Gasteiger partial charge >= 0.3 is 6.18 Å². The van der Waals surface area contributed by atoms with E-state index in [9.17, 15) is 18.0 Å². The third-order valence-electron chi connectivity index (χ3n) is 6.16. The van der Waals surface area contributed by atoms with Crippen LogP contribution >= 0.6 is 0 Å². The highest BCUT2D eigenvalue weighted by atomic mass is 19.4. The number of likely N-dealkylation sites (tertiary alicyclic amines) is 1. The number of para-hydroxylation sites is 1. The Kier molecular flexibility index (Phi) is 6.92. The van der Waals surface area contributed by atoms with Gasteiger partial charge in [0.1, 0.15) is 5.75 Å². The van der Waals surface area contributed by atoms with Gasteiger partial charge in [0.05, 0.1) is 30.6 Å². The van der Waals surface area contributed by atoms with Crippen molar-refractivity contribution in [2.45, 2.75) is 32.0 Å². The number of nitrogens with zero attached hydrogens (tertiary/aromatic N) is 3. The van der Waals surface area contributed by atoms with E-state index in [2.05, 4.69) is 15.3 Å². The van der Waals surface area contributed by atoms with Crippen LogP contribution in [0.25, 0.3) is 5.69 Å². The fourth-order valence-corrected chi connectivity index (χ4v) is 4.39. The second-order valence-electron chi connectivity index (χ2n) is 8.34. The highest BCUT2D eigenvalue weighted by molar-refractivity contribution is 5.95. The molecule has 2 aromatic carbocycles. The van der Waals surface area contributed by atoms with Crippen molar-refractivity contribution in [3.63, 3.8) is 0 Å². The molecule has 1 N–H and O–H groups in total. The van der Waals surface area contributed by atoms with Gasteiger partial charge in [-0.15, -0.1) is 0 Å². The average Bonchev–Trinajstić information content (AvgIpc) is 3.50. The van der Waals surface area contributed by atoms with Crippen LogP contribution in [-0.2, 0) is 6.18 Å². The zero-order valence-corrected chi connectivity index (χ0v) is 19.1. The summed E-state index contributed by atoms with van der Waals surface area (Å²) in [4.78, 5) is 15.2. The maximum atomic E-state index is 14.0. The molecule has 1 aliphatic heterocycles. The van der Waals surface area contributed by atoms with E-state index in [1.165, 1.54) is 0 Å². The number of aromatic nitrogens is 2. The summed E-state index contributed by atoms with van der Waals surface area (Å²) in [7, 11) is 1.59. The number of benzene rings is 2. The molecule has 6 nitrogen and oxygen atoms in total. The molecule has 0 radical (unpaired) electrons. The Morgan fingerprint density at radius 1 is 1.12 bits per heavy atom. The van der Waals surface area contributed by atoms with Crippen molar-refractivity contribution in [2.75, 3.05) is 26.7 Å². The number of nitrogens with one attached hydrogen (secondary N) is 1. The zero-order chi connectivity index (χ0) is 24.3. The van der Waals surface area contributed by atoms with Gasteiger partial charge in [-0.05, 0) is 62.2 Å². The number of hydrogen-bond acceptors (Lipinski definition) is 4. The predicted molar refractivity (Wildman–Crippen MR) is 122 cm³/mol. The number of alkyl halides is 3. The van der Waals surface area contributed by atoms with Crippen molar-refractivity contribution < 1.29 is 22.7 Å². The number of aryl methyl sites for hydroxylation is 1. The van der Waals surface area contributed by atoms with E-state index in [-0.39, 0.29) is 18.3 Å². The highest BCUT2D eigenvalue weighted by Crippen LogP contribution is 2.34. The molecule has 1 atom stereocenters. The minimum atomic E-state index is -4.75. The van der Waals surface area contributed by atoms with Gasteiger partial charge in [-0.3, -0.25) is 9.69 Å². The summed E-state index contributed by atoms with van der Waals surface area (Å²) in [5, 5.41) is 6.66. The van der Waals surface area contributed by atoms with Crippen LogP contribution in [0, 0.1) is 6.92 Å². The first-order chi connectivity index (χ1) is 16.3. The monoisotopic (exact) mass is 472 g/mol. The quantitative estimate of drug-likeness (QED) is 0.538. The van der Waals surface area contributed by atoms with Gasteiger partial charge in [0.25, 0.3) is 5.91 Å². The molecule has 1 unspecified atom stereocenters. The summed E-state index contributed by atoms with van der Waals surface area (Å²) in [5.41, 5.74) is 0.292. The molecule has 1 fully saturated rings. The molecule has 1 aromatic heterocycles. The summed E-state index contributed by atoms with van der Waals surface area (Å²) in [6, 6.07) is 14.0. The van der Waals surface area contributed by atoms with Crippen molar-refractivity contribution in [1.29, 1.82) is 0 Å². The molecule has 180 valence electrons. The third-order valence-corrected chi connectivity index (χ3v) is 6.16.